The summed E-state index contributed by atoms with van der Waals surface area (Å²) in [5.41, 5.74) is 3.27. The van der Waals surface area contributed by atoms with Gasteiger partial charge in [-0.15, -0.1) is 0 Å². The predicted octanol–water partition coefficient (Wildman–Crippen LogP) is 4.14. The Morgan fingerprint density at radius 3 is 2.54 bits per heavy atom. The van der Waals surface area contributed by atoms with Gasteiger partial charge in [0.1, 0.15) is 17.6 Å². The SMILES string of the molecule is CCN(Cc1ccccc1)C(=O)CSC1=Nc2ccccc2C2=N[C@H](CC(=O)NCc3ccccc3OC)C(=O)N12. The fourth-order valence-corrected chi connectivity index (χ4v) is 5.62. The number of nitrogens with one attached hydrogen (secondary N) is 1. The van der Waals surface area contributed by atoms with E-state index in [1.807, 2.05) is 85.8 Å². The number of aliphatic imine (C=N–C) groups is 2. The molecule has 0 saturated heterocycles. The standard InChI is InChI=1S/C31H31N5O4S/c1-3-35(19-21-11-5-4-6-12-21)28(38)20-41-31-34-24-15-9-8-14-23(24)29-33-25(30(39)36(29)31)17-27(37)32-18-22-13-7-10-16-26(22)40-2/h4-16,25H,3,17-20H2,1-2H3,(H,32,37)/t25-/m1/s1. The first kappa shape index (κ1) is 28.1. The van der Waals surface area contributed by atoms with Crippen LogP contribution >= 0.6 is 11.8 Å². The van der Waals surface area contributed by atoms with E-state index in [4.69, 9.17) is 9.73 Å². The van der Waals surface area contributed by atoms with Crippen LogP contribution in [0.25, 0.3) is 0 Å². The van der Waals surface area contributed by atoms with E-state index < -0.39 is 6.04 Å². The van der Waals surface area contributed by atoms with E-state index in [1.54, 1.807) is 12.0 Å². The molecule has 0 fully saturated rings. The van der Waals surface area contributed by atoms with Gasteiger partial charge in [-0.05, 0) is 30.7 Å². The minimum absolute atomic E-state index is 0.0553. The summed E-state index contributed by atoms with van der Waals surface area (Å²) in [6.07, 6.45) is -0.103. The summed E-state index contributed by atoms with van der Waals surface area (Å²) in [7, 11) is 1.58. The first-order valence-corrected chi connectivity index (χ1v) is 14.4. The second kappa shape index (κ2) is 12.8. The molecule has 2 aliphatic heterocycles. The molecule has 2 aliphatic rings. The number of hydrogen-bond donors (Lipinski definition) is 1. The van der Waals surface area contributed by atoms with Crippen molar-refractivity contribution in [3.05, 3.63) is 95.6 Å². The molecule has 0 unspecified atom stereocenters. The molecule has 0 bridgehead atoms. The fraction of sp³-hybridized carbons (Fsp3) is 0.258. The highest BCUT2D eigenvalue weighted by Gasteiger charge is 2.42. The van der Waals surface area contributed by atoms with Gasteiger partial charge in [-0.1, -0.05) is 72.4 Å². The average molecular weight is 570 g/mol. The maximum absolute atomic E-state index is 13.6. The molecule has 0 aliphatic carbocycles. The molecular formula is C31H31N5O4S. The highest BCUT2D eigenvalue weighted by atomic mass is 32.2. The third-order valence-corrected chi connectivity index (χ3v) is 7.79. The van der Waals surface area contributed by atoms with E-state index in [0.717, 1.165) is 11.1 Å². The molecule has 0 spiro atoms. The van der Waals surface area contributed by atoms with Crippen LogP contribution in [0.1, 0.15) is 30.0 Å². The largest absolute Gasteiger partial charge is 0.496 e. The average Bonchev–Trinajstić information content (AvgIpc) is 3.33. The van der Waals surface area contributed by atoms with E-state index in [9.17, 15) is 14.4 Å². The normalized spacial score (nSPS) is 15.4. The molecule has 41 heavy (non-hydrogen) atoms. The Labute approximate surface area is 243 Å². The van der Waals surface area contributed by atoms with Crippen molar-refractivity contribution in [2.45, 2.75) is 32.5 Å². The minimum atomic E-state index is -0.888. The number of ether oxygens (including phenoxy) is 1. The maximum Gasteiger partial charge on any atom is 0.259 e. The second-order valence-corrected chi connectivity index (χ2v) is 10.5. The molecule has 3 aromatic carbocycles. The van der Waals surface area contributed by atoms with Gasteiger partial charge in [0, 0.05) is 30.8 Å². The number of amidine groups is 2. The van der Waals surface area contributed by atoms with Gasteiger partial charge in [0.2, 0.25) is 11.8 Å². The van der Waals surface area contributed by atoms with Gasteiger partial charge in [0.25, 0.3) is 5.91 Å². The third kappa shape index (κ3) is 6.33. The Hall–Kier alpha value is -4.44. The fourth-order valence-electron chi connectivity index (χ4n) is 4.72. The van der Waals surface area contributed by atoms with Crippen molar-refractivity contribution >= 4 is 46.2 Å². The summed E-state index contributed by atoms with van der Waals surface area (Å²) in [6, 6.07) is 23.8. The van der Waals surface area contributed by atoms with Crippen molar-refractivity contribution in [2.24, 2.45) is 9.98 Å². The third-order valence-electron chi connectivity index (χ3n) is 6.87. The lowest BCUT2D eigenvalue weighted by atomic mass is 10.1. The van der Waals surface area contributed by atoms with Crippen molar-refractivity contribution in [3.63, 3.8) is 0 Å². The number of thioether (sulfide) groups is 1. The van der Waals surface area contributed by atoms with Gasteiger partial charge >= 0.3 is 0 Å². The lowest BCUT2D eigenvalue weighted by molar-refractivity contribution is -0.129. The summed E-state index contributed by atoms with van der Waals surface area (Å²) in [4.78, 5) is 52.1. The summed E-state index contributed by atoms with van der Waals surface area (Å²) in [5.74, 6) is 0.555. The molecule has 1 atom stereocenters. The molecular weight excluding hydrogens is 538 g/mol. The van der Waals surface area contributed by atoms with Crippen molar-refractivity contribution in [1.82, 2.24) is 15.1 Å². The Morgan fingerprint density at radius 2 is 1.76 bits per heavy atom. The van der Waals surface area contributed by atoms with Crippen LogP contribution in [0.2, 0.25) is 0 Å². The zero-order chi connectivity index (χ0) is 28.8. The molecule has 210 valence electrons. The van der Waals surface area contributed by atoms with Crippen molar-refractivity contribution in [3.8, 4) is 5.75 Å². The van der Waals surface area contributed by atoms with Gasteiger partial charge in [-0.3, -0.25) is 19.4 Å². The van der Waals surface area contributed by atoms with Gasteiger partial charge in [0.05, 0.1) is 25.0 Å². The number of methoxy groups -OCH3 is 1. The van der Waals surface area contributed by atoms with Crippen LogP contribution in [0.3, 0.4) is 0 Å². The summed E-state index contributed by atoms with van der Waals surface area (Å²) in [5, 5.41) is 3.25. The summed E-state index contributed by atoms with van der Waals surface area (Å²) < 4.78 is 5.35. The topological polar surface area (TPSA) is 104 Å². The number of amides is 3. The molecule has 10 heteroatoms. The van der Waals surface area contributed by atoms with E-state index in [-0.39, 0.29) is 36.4 Å². The number of carbonyl (C=O) groups is 3. The molecule has 0 saturated carbocycles. The smallest absolute Gasteiger partial charge is 0.259 e. The van der Waals surface area contributed by atoms with Crippen LogP contribution in [0.4, 0.5) is 5.69 Å². The molecule has 5 rings (SSSR count). The quantitative estimate of drug-likeness (QED) is 0.395. The molecule has 0 radical (unpaired) electrons. The van der Waals surface area contributed by atoms with Gasteiger partial charge in [-0.2, -0.15) is 0 Å². The van der Waals surface area contributed by atoms with Crippen molar-refractivity contribution < 1.29 is 19.1 Å². The molecule has 0 aromatic heterocycles. The molecule has 1 N–H and O–H groups in total. The first-order valence-electron chi connectivity index (χ1n) is 13.4. The van der Waals surface area contributed by atoms with Crippen LogP contribution in [0.5, 0.6) is 5.75 Å². The van der Waals surface area contributed by atoms with E-state index in [0.29, 0.717) is 41.1 Å². The van der Waals surface area contributed by atoms with E-state index in [2.05, 4.69) is 10.3 Å². The van der Waals surface area contributed by atoms with Crippen LogP contribution in [0, 0.1) is 0 Å². The second-order valence-electron chi connectivity index (χ2n) is 9.53. The summed E-state index contributed by atoms with van der Waals surface area (Å²) >= 11 is 1.20. The zero-order valence-electron chi connectivity index (χ0n) is 22.9. The lowest BCUT2D eigenvalue weighted by Gasteiger charge is -2.26. The Kier molecular flexibility index (Phi) is 8.79. The molecule has 9 nitrogen and oxygen atoms in total. The zero-order valence-corrected chi connectivity index (χ0v) is 23.8. The Bertz CT molecular complexity index is 1510. The van der Waals surface area contributed by atoms with Crippen LogP contribution in [-0.2, 0) is 27.5 Å². The lowest BCUT2D eigenvalue weighted by Crippen LogP contribution is -2.42. The van der Waals surface area contributed by atoms with Gasteiger partial charge in [0.15, 0.2) is 5.17 Å². The van der Waals surface area contributed by atoms with Crippen molar-refractivity contribution in [1.29, 1.82) is 0 Å². The highest BCUT2D eigenvalue weighted by molar-refractivity contribution is 8.14. The Balaban J connectivity index is 1.28. The van der Waals surface area contributed by atoms with E-state index >= 15 is 0 Å². The maximum atomic E-state index is 13.6. The van der Waals surface area contributed by atoms with Crippen molar-refractivity contribution in [2.75, 3.05) is 19.4 Å². The van der Waals surface area contributed by atoms with Crippen LogP contribution < -0.4 is 10.1 Å². The molecule has 3 aromatic rings. The molecule has 2 heterocycles. The number of rotatable bonds is 10. The summed E-state index contributed by atoms with van der Waals surface area (Å²) in [6.45, 7) is 3.28. The number of fused-ring (bicyclic) bond motifs is 3. The number of carbonyl (C=O) groups excluding carboxylic acids is 3. The monoisotopic (exact) mass is 569 g/mol. The predicted molar refractivity (Wildman–Crippen MR) is 160 cm³/mol. The Morgan fingerprint density at radius 1 is 1.02 bits per heavy atom. The molecule has 3 amide bonds. The van der Waals surface area contributed by atoms with Gasteiger partial charge in [-0.25, -0.2) is 9.89 Å². The highest BCUT2D eigenvalue weighted by Crippen LogP contribution is 2.34. The number of hydrogen-bond acceptors (Lipinski definition) is 7. The van der Waals surface area contributed by atoms with Crippen LogP contribution in [-0.4, -0.2) is 64.0 Å². The first-order chi connectivity index (χ1) is 20.0. The number of para-hydroxylation sites is 2. The number of nitrogens with zero attached hydrogens (tertiary/aromatic N) is 4. The van der Waals surface area contributed by atoms with Gasteiger partial charge < -0.3 is 15.0 Å². The number of benzene rings is 3. The van der Waals surface area contributed by atoms with E-state index in [1.165, 1.54) is 16.7 Å². The van der Waals surface area contributed by atoms with Crippen LogP contribution in [0.15, 0.2) is 88.8 Å². The minimum Gasteiger partial charge on any atom is -0.496 e.